The maximum atomic E-state index is 9.81. The zero-order chi connectivity index (χ0) is 21.8. The number of hydrogen-bond donors (Lipinski definition) is 2. The van der Waals surface area contributed by atoms with Gasteiger partial charge in [0.25, 0.3) is 0 Å². The van der Waals surface area contributed by atoms with Gasteiger partial charge in [0.05, 0.1) is 0 Å². The van der Waals surface area contributed by atoms with Crippen LogP contribution in [0.5, 0.6) is 34.5 Å². The number of rotatable bonds is 6. The number of aromatic hydroxyl groups is 2. The van der Waals surface area contributed by atoms with Gasteiger partial charge >= 0.3 is 0 Å². The van der Waals surface area contributed by atoms with Gasteiger partial charge < -0.3 is 19.7 Å². The molecule has 0 unspecified atom stereocenters. The molecular weight excluding hydrogens is 388 g/mol. The molecule has 0 spiro atoms. The maximum absolute atomic E-state index is 9.81. The van der Waals surface area contributed by atoms with Crippen LogP contribution in [0.25, 0.3) is 0 Å². The van der Waals surface area contributed by atoms with Crippen molar-refractivity contribution in [1.29, 1.82) is 0 Å². The van der Waals surface area contributed by atoms with E-state index in [9.17, 15) is 10.2 Å². The molecule has 156 valence electrons. The lowest BCUT2D eigenvalue weighted by Crippen LogP contribution is -2.19. The zero-order valence-electron chi connectivity index (χ0n) is 17.4. The van der Waals surface area contributed by atoms with Crippen LogP contribution in [0.2, 0.25) is 0 Å². The van der Waals surface area contributed by atoms with E-state index in [1.54, 1.807) is 48.5 Å². The molecule has 0 saturated heterocycles. The Balaban J connectivity index is 1.77. The fourth-order valence-corrected chi connectivity index (χ4v) is 3.52. The molecule has 4 rings (SSSR count). The topological polar surface area (TPSA) is 58.9 Å². The Morgan fingerprint density at radius 3 is 1.77 bits per heavy atom. The molecule has 4 aromatic rings. The first kappa shape index (κ1) is 20.4. The van der Waals surface area contributed by atoms with E-state index in [1.165, 1.54) is 0 Å². The van der Waals surface area contributed by atoms with Gasteiger partial charge in [-0.1, -0.05) is 56.3 Å². The molecule has 0 amide bonds. The molecule has 2 N–H and O–H groups in total. The third-order valence-electron chi connectivity index (χ3n) is 5.22. The Morgan fingerprint density at radius 2 is 1.16 bits per heavy atom. The summed E-state index contributed by atoms with van der Waals surface area (Å²) in [6.07, 6.45) is 0. The third kappa shape index (κ3) is 4.64. The zero-order valence-corrected chi connectivity index (χ0v) is 17.4. The average molecular weight is 412 g/mol. The van der Waals surface area contributed by atoms with Crippen molar-refractivity contribution in [2.24, 2.45) is 0 Å². The van der Waals surface area contributed by atoms with E-state index in [-0.39, 0.29) is 16.9 Å². The molecule has 0 radical (unpaired) electrons. The number of phenolic OH excluding ortho intramolecular Hbond substituents is 2. The Kier molecular flexibility index (Phi) is 5.54. The minimum absolute atomic E-state index is 0.144. The standard InChI is InChI=1S/C27H24O4/c1-27(2,19-8-4-3-5-9-19)25-18-24(30-22-12-6-10-20(28)16-22)14-15-26(25)31-23-13-7-11-21(29)17-23/h3-18,28-29H,1-2H3. The highest BCUT2D eigenvalue weighted by atomic mass is 16.5. The minimum Gasteiger partial charge on any atom is -0.508 e. The molecule has 4 heteroatoms. The van der Waals surface area contributed by atoms with E-state index in [0.717, 1.165) is 11.1 Å². The van der Waals surface area contributed by atoms with Crippen molar-refractivity contribution in [3.8, 4) is 34.5 Å². The van der Waals surface area contributed by atoms with Crippen molar-refractivity contribution in [1.82, 2.24) is 0 Å². The number of phenols is 2. The lowest BCUT2D eigenvalue weighted by atomic mass is 9.77. The number of benzene rings is 4. The van der Waals surface area contributed by atoms with Crippen molar-refractivity contribution >= 4 is 0 Å². The highest BCUT2D eigenvalue weighted by Gasteiger charge is 2.28. The second-order valence-electron chi connectivity index (χ2n) is 7.85. The van der Waals surface area contributed by atoms with E-state index in [1.807, 2.05) is 36.4 Å². The summed E-state index contributed by atoms with van der Waals surface area (Å²) in [6.45, 7) is 4.26. The van der Waals surface area contributed by atoms with E-state index >= 15 is 0 Å². The van der Waals surface area contributed by atoms with Crippen LogP contribution in [-0.4, -0.2) is 10.2 Å². The summed E-state index contributed by atoms with van der Waals surface area (Å²) in [4.78, 5) is 0. The number of hydrogen-bond acceptors (Lipinski definition) is 4. The van der Waals surface area contributed by atoms with Crippen LogP contribution < -0.4 is 9.47 Å². The normalized spacial score (nSPS) is 11.2. The molecule has 0 fully saturated rings. The highest BCUT2D eigenvalue weighted by molar-refractivity contribution is 5.52. The summed E-state index contributed by atoms with van der Waals surface area (Å²) in [7, 11) is 0. The van der Waals surface area contributed by atoms with Crippen molar-refractivity contribution in [3.05, 3.63) is 108 Å². The summed E-state index contributed by atoms with van der Waals surface area (Å²) in [5, 5.41) is 19.5. The molecule has 31 heavy (non-hydrogen) atoms. The molecule has 0 aliphatic rings. The average Bonchev–Trinajstić information content (AvgIpc) is 2.75. The Morgan fingerprint density at radius 1 is 0.581 bits per heavy atom. The van der Waals surface area contributed by atoms with Gasteiger partial charge in [0.15, 0.2) is 0 Å². The molecule has 4 nitrogen and oxygen atoms in total. The molecular formula is C27H24O4. The largest absolute Gasteiger partial charge is 0.508 e. The van der Waals surface area contributed by atoms with Gasteiger partial charge in [0.1, 0.15) is 34.5 Å². The molecule has 0 atom stereocenters. The summed E-state index contributed by atoms with van der Waals surface area (Å²) in [5.41, 5.74) is 1.68. The lowest BCUT2D eigenvalue weighted by molar-refractivity contribution is 0.438. The van der Waals surface area contributed by atoms with Gasteiger partial charge in [-0.05, 0) is 48.0 Å². The molecule has 0 bridgehead atoms. The van der Waals surface area contributed by atoms with Crippen molar-refractivity contribution < 1.29 is 19.7 Å². The first-order chi connectivity index (χ1) is 14.9. The van der Waals surface area contributed by atoms with E-state index in [0.29, 0.717) is 23.0 Å². The summed E-state index contributed by atoms with van der Waals surface area (Å²) in [5.74, 6) is 2.68. The van der Waals surface area contributed by atoms with E-state index in [4.69, 9.17) is 9.47 Å². The van der Waals surface area contributed by atoms with Crippen molar-refractivity contribution in [2.75, 3.05) is 0 Å². The van der Waals surface area contributed by atoms with Gasteiger partial charge in [-0.3, -0.25) is 0 Å². The highest BCUT2D eigenvalue weighted by Crippen LogP contribution is 2.42. The smallest absolute Gasteiger partial charge is 0.131 e. The molecule has 4 aromatic carbocycles. The molecule has 0 aliphatic heterocycles. The molecule has 0 aliphatic carbocycles. The molecule has 0 saturated carbocycles. The van der Waals surface area contributed by atoms with Gasteiger partial charge in [0, 0.05) is 23.1 Å². The van der Waals surface area contributed by atoms with Gasteiger partial charge in [0.2, 0.25) is 0 Å². The SMILES string of the molecule is CC(C)(c1ccccc1)c1cc(Oc2cccc(O)c2)ccc1Oc1cccc(O)c1. The summed E-state index contributed by atoms with van der Waals surface area (Å²) in [6, 6.07) is 29.3. The van der Waals surface area contributed by atoms with Crippen LogP contribution in [0, 0.1) is 0 Å². The second-order valence-corrected chi connectivity index (χ2v) is 7.85. The van der Waals surface area contributed by atoms with Gasteiger partial charge in [-0.25, -0.2) is 0 Å². The van der Waals surface area contributed by atoms with Gasteiger partial charge in [-0.2, -0.15) is 0 Å². The Hall–Kier alpha value is -3.92. The Bertz CT molecular complexity index is 1180. The maximum Gasteiger partial charge on any atom is 0.131 e. The Labute approximate surface area is 182 Å². The van der Waals surface area contributed by atoms with Crippen LogP contribution in [-0.2, 0) is 5.41 Å². The van der Waals surface area contributed by atoms with Crippen LogP contribution in [0.15, 0.2) is 97.1 Å². The predicted octanol–water partition coefficient (Wildman–Crippen LogP) is 7.01. The fourth-order valence-electron chi connectivity index (χ4n) is 3.52. The minimum atomic E-state index is -0.383. The summed E-state index contributed by atoms with van der Waals surface area (Å²) < 4.78 is 12.2. The molecule has 0 heterocycles. The summed E-state index contributed by atoms with van der Waals surface area (Å²) >= 11 is 0. The van der Waals surface area contributed by atoms with Crippen LogP contribution >= 0.6 is 0 Å². The number of ether oxygens (including phenoxy) is 2. The first-order valence-electron chi connectivity index (χ1n) is 10.1. The first-order valence-corrected chi connectivity index (χ1v) is 10.1. The molecule has 0 aromatic heterocycles. The second kappa shape index (κ2) is 8.44. The van der Waals surface area contributed by atoms with E-state index in [2.05, 4.69) is 26.0 Å². The van der Waals surface area contributed by atoms with Crippen LogP contribution in [0.3, 0.4) is 0 Å². The van der Waals surface area contributed by atoms with E-state index < -0.39 is 0 Å². The predicted molar refractivity (Wildman–Crippen MR) is 121 cm³/mol. The monoisotopic (exact) mass is 412 g/mol. The van der Waals surface area contributed by atoms with Crippen LogP contribution in [0.1, 0.15) is 25.0 Å². The van der Waals surface area contributed by atoms with Crippen molar-refractivity contribution in [2.45, 2.75) is 19.3 Å². The lowest BCUT2D eigenvalue weighted by Gasteiger charge is -2.28. The fraction of sp³-hybridized carbons (Fsp3) is 0.111. The van der Waals surface area contributed by atoms with Crippen LogP contribution in [0.4, 0.5) is 0 Å². The van der Waals surface area contributed by atoms with Gasteiger partial charge in [-0.15, -0.1) is 0 Å². The quantitative estimate of drug-likeness (QED) is 0.358. The third-order valence-corrected chi connectivity index (χ3v) is 5.22. The van der Waals surface area contributed by atoms with Crippen molar-refractivity contribution in [3.63, 3.8) is 0 Å².